The van der Waals surface area contributed by atoms with Crippen molar-refractivity contribution in [2.24, 2.45) is 10.9 Å². The van der Waals surface area contributed by atoms with Gasteiger partial charge >= 0.3 is 0 Å². The molecule has 6 nitrogen and oxygen atoms in total. The number of aliphatic imine (C=N–C) groups is 1. The molecule has 2 unspecified atom stereocenters. The van der Waals surface area contributed by atoms with Gasteiger partial charge in [0.15, 0.2) is 5.96 Å². The largest absolute Gasteiger partial charge is 0.373 e. The van der Waals surface area contributed by atoms with Crippen LogP contribution in [-0.4, -0.2) is 35.6 Å². The Hall–Kier alpha value is -3.12. The van der Waals surface area contributed by atoms with Crippen LogP contribution in [0.2, 0.25) is 0 Å². The van der Waals surface area contributed by atoms with Crippen LogP contribution in [-0.2, 0) is 11.3 Å². The lowest BCUT2D eigenvalue weighted by molar-refractivity contribution is -0.0265. The number of aromatic nitrogens is 2. The van der Waals surface area contributed by atoms with Crippen LogP contribution in [0, 0.1) is 12.8 Å². The Morgan fingerprint density at radius 3 is 2.72 bits per heavy atom. The smallest absolute Gasteiger partial charge is 0.191 e. The third-order valence-electron chi connectivity index (χ3n) is 5.83. The number of H-pyrrole nitrogens is 1. The number of guanidine groups is 1. The van der Waals surface area contributed by atoms with Gasteiger partial charge in [-0.05, 0) is 37.8 Å². The first-order chi connectivity index (χ1) is 15.7. The highest BCUT2D eigenvalue weighted by Gasteiger charge is 2.27. The van der Waals surface area contributed by atoms with E-state index in [9.17, 15) is 0 Å². The molecule has 3 N–H and O–H groups in total. The molecule has 1 saturated heterocycles. The lowest BCUT2D eigenvalue weighted by Crippen LogP contribution is -2.42. The van der Waals surface area contributed by atoms with Crippen molar-refractivity contribution in [1.29, 1.82) is 0 Å². The van der Waals surface area contributed by atoms with E-state index in [1.54, 1.807) is 0 Å². The summed E-state index contributed by atoms with van der Waals surface area (Å²) in [5.41, 5.74) is 4.66. The number of nitrogens with zero attached hydrogens (tertiary/aromatic N) is 2. The third-order valence-corrected chi connectivity index (χ3v) is 5.83. The second-order valence-corrected chi connectivity index (χ2v) is 8.29. The van der Waals surface area contributed by atoms with Crippen LogP contribution in [0.4, 0.5) is 0 Å². The van der Waals surface area contributed by atoms with Crippen LogP contribution in [0.25, 0.3) is 11.3 Å². The van der Waals surface area contributed by atoms with Crippen molar-refractivity contribution in [3.63, 3.8) is 0 Å². The molecule has 0 aliphatic carbocycles. The van der Waals surface area contributed by atoms with Gasteiger partial charge in [-0.2, -0.15) is 0 Å². The number of benzene rings is 2. The summed E-state index contributed by atoms with van der Waals surface area (Å²) in [6.07, 6.45) is 4.23. The van der Waals surface area contributed by atoms with Crippen molar-refractivity contribution in [2.75, 3.05) is 19.7 Å². The molecule has 2 heterocycles. The number of imidazole rings is 1. The monoisotopic (exact) mass is 431 g/mol. The highest BCUT2D eigenvalue weighted by atomic mass is 16.5. The van der Waals surface area contributed by atoms with Gasteiger partial charge in [-0.25, -0.2) is 9.98 Å². The minimum Gasteiger partial charge on any atom is -0.373 e. The predicted molar refractivity (Wildman–Crippen MR) is 129 cm³/mol. The van der Waals surface area contributed by atoms with Crippen molar-refractivity contribution >= 4 is 5.96 Å². The highest BCUT2D eigenvalue weighted by molar-refractivity contribution is 5.79. The SMILES string of the molecule is CCNC(=NCc1ncc(-c2ccccc2)[nH]1)NCC1CCCOC1c1ccc(C)cc1. The number of rotatable bonds is 7. The Labute approximate surface area is 190 Å². The van der Waals surface area contributed by atoms with Gasteiger partial charge in [-0.1, -0.05) is 60.2 Å². The molecular weight excluding hydrogens is 398 g/mol. The van der Waals surface area contributed by atoms with Crippen LogP contribution in [0.15, 0.2) is 65.8 Å². The zero-order chi connectivity index (χ0) is 22.2. The number of aryl methyl sites for hydroxylation is 1. The third kappa shape index (κ3) is 5.77. The number of hydrogen-bond acceptors (Lipinski definition) is 3. The summed E-state index contributed by atoms with van der Waals surface area (Å²) >= 11 is 0. The zero-order valence-corrected chi connectivity index (χ0v) is 19.0. The van der Waals surface area contributed by atoms with E-state index in [-0.39, 0.29) is 6.10 Å². The molecule has 0 spiro atoms. The minimum absolute atomic E-state index is 0.123. The van der Waals surface area contributed by atoms with E-state index in [1.807, 2.05) is 24.4 Å². The molecule has 1 fully saturated rings. The average Bonchev–Trinajstić information content (AvgIpc) is 3.31. The molecule has 3 aromatic rings. The Bertz CT molecular complexity index is 997. The summed E-state index contributed by atoms with van der Waals surface area (Å²) in [6, 6.07) is 18.9. The topological polar surface area (TPSA) is 74.3 Å². The van der Waals surface area contributed by atoms with Gasteiger partial charge in [-0.15, -0.1) is 0 Å². The summed E-state index contributed by atoms with van der Waals surface area (Å²) in [4.78, 5) is 12.6. The minimum atomic E-state index is 0.123. The lowest BCUT2D eigenvalue weighted by Gasteiger charge is -2.32. The summed E-state index contributed by atoms with van der Waals surface area (Å²) in [7, 11) is 0. The Morgan fingerprint density at radius 1 is 1.12 bits per heavy atom. The van der Waals surface area contributed by atoms with Crippen molar-refractivity contribution in [3.8, 4) is 11.3 Å². The molecule has 1 aliphatic heterocycles. The molecule has 1 aromatic heterocycles. The van der Waals surface area contributed by atoms with E-state index in [0.29, 0.717) is 12.5 Å². The summed E-state index contributed by atoms with van der Waals surface area (Å²) < 4.78 is 6.17. The lowest BCUT2D eigenvalue weighted by atomic mass is 9.89. The molecule has 0 saturated carbocycles. The van der Waals surface area contributed by atoms with Crippen molar-refractivity contribution in [3.05, 3.63) is 77.7 Å². The predicted octanol–water partition coefficient (Wildman–Crippen LogP) is 4.61. The maximum Gasteiger partial charge on any atom is 0.191 e. The fourth-order valence-corrected chi connectivity index (χ4v) is 4.11. The van der Waals surface area contributed by atoms with Gasteiger partial charge in [0.2, 0.25) is 0 Å². The first-order valence-electron chi connectivity index (χ1n) is 11.5. The molecular formula is C26H33N5O. The standard InChI is InChI=1S/C26H33N5O/c1-3-27-26(30-18-24-28-17-23(31-24)20-8-5-4-6-9-20)29-16-22-10-7-15-32-25(22)21-13-11-19(2)12-14-21/h4-6,8-9,11-14,17,22,25H,3,7,10,15-16,18H2,1-2H3,(H,28,31)(H2,27,29,30). The maximum atomic E-state index is 6.17. The fourth-order valence-electron chi connectivity index (χ4n) is 4.11. The normalized spacial score (nSPS) is 19.0. The van der Waals surface area contributed by atoms with Crippen LogP contribution >= 0.6 is 0 Å². The number of hydrogen-bond donors (Lipinski definition) is 3. The van der Waals surface area contributed by atoms with Crippen LogP contribution in [0.5, 0.6) is 0 Å². The molecule has 1 aliphatic rings. The molecule has 2 aromatic carbocycles. The van der Waals surface area contributed by atoms with Gasteiger partial charge in [0.25, 0.3) is 0 Å². The molecule has 6 heteroatoms. The van der Waals surface area contributed by atoms with Crippen LogP contribution in [0.3, 0.4) is 0 Å². The maximum absolute atomic E-state index is 6.17. The highest BCUT2D eigenvalue weighted by Crippen LogP contribution is 2.33. The molecule has 168 valence electrons. The Morgan fingerprint density at radius 2 is 1.94 bits per heavy atom. The van der Waals surface area contributed by atoms with Crippen molar-refractivity contribution in [1.82, 2.24) is 20.6 Å². The second-order valence-electron chi connectivity index (χ2n) is 8.29. The van der Waals surface area contributed by atoms with E-state index < -0.39 is 0 Å². The molecule has 0 bridgehead atoms. The van der Waals surface area contributed by atoms with E-state index in [4.69, 9.17) is 9.73 Å². The second kappa shape index (κ2) is 11.0. The quantitative estimate of drug-likeness (QED) is 0.377. The van der Waals surface area contributed by atoms with E-state index >= 15 is 0 Å². The first-order valence-corrected chi connectivity index (χ1v) is 11.5. The van der Waals surface area contributed by atoms with E-state index in [0.717, 1.165) is 55.6 Å². The summed E-state index contributed by atoms with van der Waals surface area (Å²) in [6.45, 7) is 7.14. The first kappa shape index (κ1) is 22.1. The molecule has 0 amide bonds. The molecule has 2 atom stereocenters. The van der Waals surface area contributed by atoms with Crippen LogP contribution in [0.1, 0.15) is 42.8 Å². The van der Waals surface area contributed by atoms with Crippen molar-refractivity contribution < 1.29 is 4.74 Å². The van der Waals surface area contributed by atoms with Crippen LogP contribution < -0.4 is 10.6 Å². The molecule has 4 rings (SSSR count). The Kier molecular flexibility index (Phi) is 7.56. The Balaban J connectivity index is 1.38. The van der Waals surface area contributed by atoms with Gasteiger partial charge in [0, 0.05) is 25.6 Å². The number of nitrogens with one attached hydrogen (secondary N) is 3. The zero-order valence-electron chi connectivity index (χ0n) is 19.0. The van der Waals surface area contributed by atoms with E-state index in [1.165, 1.54) is 11.1 Å². The fraction of sp³-hybridized carbons (Fsp3) is 0.385. The molecule has 0 radical (unpaired) electrons. The summed E-state index contributed by atoms with van der Waals surface area (Å²) in [5.74, 6) is 2.06. The van der Waals surface area contributed by atoms with Gasteiger partial charge in [0.05, 0.1) is 18.0 Å². The number of ether oxygens (including phenoxy) is 1. The van der Waals surface area contributed by atoms with E-state index in [2.05, 4.69) is 70.8 Å². The van der Waals surface area contributed by atoms with Gasteiger partial charge in [0.1, 0.15) is 12.4 Å². The molecule has 32 heavy (non-hydrogen) atoms. The number of aromatic amines is 1. The van der Waals surface area contributed by atoms with Gasteiger partial charge in [-0.3, -0.25) is 0 Å². The average molecular weight is 432 g/mol. The summed E-state index contributed by atoms with van der Waals surface area (Å²) in [5, 5.41) is 6.88. The van der Waals surface area contributed by atoms with Crippen molar-refractivity contribution in [2.45, 2.75) is 39.3 Å². The van der Waals surface area contributed by atoms with Gasteiger partial charge < -0.3 is 20.4 Å².